The van der Waals surface area contributed by atoms with Crippen molar-refractivity contribution in [1.29, 1.82) is 0 Å². The fraction of sp³-hybridized carbons (Fsp3) is 0.268. The van der Waals surface area contributed by atoms with Gasteiger partial charge in [0, 0.05) is 16.0 Å². The van der Waals surface area contributed by atoms with Gasteiger partial charge in [0.05, 0.1) is 41.2 Å². The molecular weight excluding hydrogens is 710 g/mol. The maximum Gasteiger partial charge on any atom is 0.260 e. The van der Waals surface area contributed by atoms with Crippen LogP contribution in [0, 0.1) is 30.6 Å². The number of hydrogen-bond donors (Lipinski definition) is 2. The van der Waals surface area contributed by atoms with Crippen LogP contribution in [0.5, 0.6) is 11.5 Å². The fourth-order valence-electron chi connectivity index (χ4n) is 8.98. The van der Waals surface area contributed by atoms with E-state index in [-0.39, 0.29) is 36.2 Å². The van der Waals surface area contributed by atoms with Crippen LogP contribution in [0.15, 0.2) is 113 Å². The van der Waals surface area contributed by atoms with Crippen molar-refractivity contribution in [3.63, 3.8) is 0 Å². The number of anilines is 2. The number of nitrogens with zero attached hydrogens (tertiary/aromatic N) is 2. The Morgan fingerprint density at radius 1 is 0.863 bits per heavy atom. The van der Waals surface area contributed by atoms with Crippen LogP contribution < -0.4 is 15.1 Å². The van der Waals surface area contributed by atoms with Crippen molar-refractivity contribution in [3.8, 4) is 11.5 Å². The number of para-hydroxylation sites is 1. The SMILES string of the molecule is CCOc1cccc([C@H]2C3=CC[C@@H]4C(=O)N(c5ccc(Br)cc5)C(=O)[C@@H]4[C@@H]3C[C@H]3C(=O)N(Nc4ccc(C)cc4)C(=O)[C@@]23c2ccccc2)c1O. The Morgan fingerprint density at radius 3 is 2.29 bits per heavy atom. The number of imide groups is 2. The van der Waals surface area contributed by atoms with E-state index in [0.29, 0.717) is 29.1 Å². The molecule has 0 aromatic heterocycles. The monoisotopic (exact) mass is 745 g/mol. The van der Waals surface area contributed by atoms with Crippen LogP contribution in [0.4, 0.5) is 11.4 Å². The van der Waals surface area contributed by atoms with Gasteiger partial charge in [-0.2, -0.15) is 5.01 Å². The van der Waals surface area contributed by atoms with Crippen molar-refractivity contribution in [2.45, 2.75) is 38.0 Å². The number of nitrogens with one attached hydrogen (secondary N) is 1. The predicted octanol–water partition coefficient (Wildman–Crippen LogP) is 7.05. The molecule has 4 aliphatic rings. The summed E-state index contributed by atoms with van der Waals surface area (Å²) in [5.74, 6) is -5.10. The van der Waals surface area contributed by atoms with Crippen molar-refractivity contribution >= 4 is 50.9 Å². The summed E-state index contributed by atoms with van der Waals surface area (Å²) in [6.45, 7) is 4.08. The smallest absolute Gasteiger partial charge is 0.260 e. The molecule has 9 nitrogen and oxygen atoms in total. The number of ether oxygens (including phenoxy) is 1. The van der Waals surface area contributed by atoms with Gasteiger partial charge in [-0.05, 0) is 80.6 Å². The molecule has 2 aliphatic carbocycles. The molecule has 2 heterocycles. The number of phenolic OH excluding ortho intramolecular Hbond substituents is 1. The molecule has 4 aromatic rings. The Hall–Kier alpha value is -5.22. The minimum Gasteiger partial charge on any atom is -0.504 e. The van der Waals surface area contributed by atoms with Crippen molar-refractivity contribution in [3.05, 3.63) is 130 Å². The maximum absolute atomic E-state index is 15.3. The van der Waals surface area contributed by atoms with Crippen LogP contribution in [0.2, 0.25) is 0 Å². The summed E-state index contributed by atoms with van der Waals surface area (Å²) in [7, 11) is 0. The molecule has 0 radical (unpaired) electrons. The molecule has 6 atom stereocenters. The van der Waals surface area contributed by atoms with Crippen LogP contribution in [0.25, 0.3) is 0 Å². The summed E-state index contributed by atoms with van der Waals surface area (Å²) in [6.07, 6.45) is 2.42. The number of aromatic hydroxyl groups is 1. The van der Waals surface area contributed by atoms with Crippen molar-refractivity contribution in [2.24, 2.45) is 23.7 Å². The van der Waals surface area contributed by atoms with Crippen LogP contribution >= 0.6 is 15.9 Å². The molecule has 4 aromatic carbocycles. The van der Waals surface area contributed by atoms with Crippen LogP contribution in [0.3, 0.4) is 0 Å². The minimum absolute atomic E-state index is 0.127. The van der Waals surface area contributed by atoms with Gasteiger partial charge in [0.1, 0.15) is 0 Å². The number of hydrazine groups is 1. The number of hydrogen-bond acceptors (Lipinski definition) is 7. The van der Waals surface area contributed by atoms with E-state index in [4.69, 9.17) is 4.74 Å². The molecule has 8 rings (SSSR count). The molecule has 3 fully saturated rings. The molecule has 0 unspecified atom stereocenters. The lowest BCUT2D eigenvalue weighted by Crippen LogP contribution is -2.53. The average molecular weight is 747 g/mol. The largest absolute Gasteiger partial charge is 0.504 e. The third-order valence-corrected chi connectivity index (χ3v) is 11.6. The van der Waals surface area contributed by atoms with E-state index in [1.807, 2.05) is 74.5 Å². The number of aryl methyl sites for hydroxylation is 1. The Labute approximate surface area is 304 Å². The van der Waals surface area contributed by atoms with Crippen LogP contribution in [-0.2, 0) is 24.6 Å². The van der Waals surface area contributed by atoms with E-state index in [1.165, 1.54) is 4.90 Å². The number of carbonyl (C=O) groups is 4. The zero-order valence-corrected chi connectivity index (χ0v) is 29.7. The highest BCUT2D eigenvalue weighted by atomic mass is 79.9. The number of carbonyl (C=O) groups excluding carboxylic acids is 4. The highest BCUT2D eigenvalue weighted by molar-refractivity contribution is 9.10. The number of amides is 4. The number of rotatable bonds is 7. The first kappa shape index (κ1) is 33.0. The highest BCUT2D eigenvalue weighted by Crippen LogP contribution is 2.65. The molecule has 0 bridgehead atoms. The quantitative estimate of drug-likeness (QED) is 0.154. The first-order chi connectivity index (χ1) is 24.7. The topological polar surface area (TPSA) is 116 Å². The van der Waals surface area contributed by atoms with E-state index in [1.54, 1.807) is 42.5 Å². The van der Waals surface area contributed by atoms with Gasteiger partial charge in [-0.25, -0.2) is 0 Å². The standard InChI is InChI=1S/C41H36BrN3O6/c1-3-51-33-11-7-10-30(36(33)46)35-28-20-21-29-34(39(49)44(37(29)47)27-18-14-25(42)15-19-27)31(28)22-32-38(48)45(43-26-16-12-23(2)13-17-26)40(50)41(32,35)24-8-5-4-6-9-24/h4-20,29,31-32,34-35,43,46H,3,21-22H2,1-2H3/t29-,31+,32-,34-,35+,41+/m0/s1. The van der Waals surface area contributed by atoms with Crippen LogP contribution in [0.1, 0.15) is 42.4 Å². The highest BCUT2D eigenvalue weighted by Gasteiger charge is 2.70. The lowest BCUT2D eigenvalue weighted by atomic mass is 9.49. The lowest BCUT2D eigenvalue weighted by Gasteiger charge is -2.50. The molecule has 258 valence electrons. The third kappa shape index (κ3) is 4.94. The van der Waals surface area contributed by atoms with Gasteiger partial charge in [0.2, 0.25) is 11.8 Å². The van der Waals surface area contributed by atoms with Crippen molar-refractivity contribution in [1.82, 2.24) is 5.01 Å². The summed E-state index contributed by atoms with van der Waals surface area (Å²) < 4.78 is 6.65. The maximum atomic E-state index is 15.3. The Kier molecular flexibility index (Phi) is 8.09. The van der Waals surface area contributed by atoms with Gasteiger partial charge >= 0.3 is 0 Å². The summed E-state index contributed by atoms with van der Waals surface area (Å²) >= 11 is 3.44. The second-order valence-corrected chi connectivity index (χ2v) is 14.6. The fourth-order valence-corrected chi connectivity index (χ4v) is 9.24. The molecule has 10 heteroatoms. The van der Waals surface area contributed by atoms with Crippen molar-refractivity contribution < 1.29 is 29.0 Å². The second-order valence-electron chi connectivity index (χ2n) is 13.7. The van der Waals surface area contributed by atoms with E-state index in [2.05, 4.69) is 21.4 Å². The zero-order chi connectivity index (χ0) is 35.6. The Morgan fingerprint density at radius 2 is 1.59 bits per heavy atom. The number of benzene rings is 4. The zero-order valence-electron chi connectivity index (χ0n) is 28.1. The van der Waals surface area contributed by atoms with Crippen molar-refractivity contribution in [2.75, 3.05) is 16.9 Å². The van der Waals surface area contributed by atoms with E-state index >= 15 is 4.79 Å². The van der Waals surface area contributed by atoms with Gasteiger partial charge < -0.3 is 9.84 Å². The number of allylic oxidation sites excluding steroid dienone is 2. The number of halogens is 1. The summed E-state index contributed by atoms with van der Waals surface area (Å²) in [5.41, 5.74) is 5.50. The normalized spacial score (nSPS) is 26.8. The first-order valence-corrected chi connectivity index (χ1v) is 18.0. The predicted molar refractivity (Wildman–Crippen MR) is 195 cm³/mol. The molecule has 2 N–H and O–H groups in total. The summed E-state index contributed by atoms with van der Waals surface area (Å²) in [5, 5.41) is 13.0. The van der Waals surface area contributed by atoms with Gasteiger partial charge in [0.15, 0.2) is 11.5 Å². The molecule has 51 heavy (non-hydrogen) atoms. The molecular formula is C41H36BrN3O6. The Bertz CT molecular complexity index is 2100. The van der Waals surface area contributed by atoms with Gasteiger partial charge in [-0.15, -0.1) is 0 Å². The van der Waals surface area contributed by atoms with Gasteiger partial charge in [0.25, 0.3) is 11.8 Å². The molecule has 4 amide bonds. The first-order valence-electron chi connectivity index (χ1n) is 17.2. The summed E-state index contributed by atoms with van der Waals surface area (Å²) in [4.78, 5) is 59.9. The third-order valence-electron chi connectivity index (χ3n) is 11.1. The molecule has 2 saturated heterocycles. The number of phenols is 1. The van der Waals surface area contributed by atoms with E-state index < -0.39 is 46.8 Å². The second kappa shape index (κ2) is 12.5. The van der Waals surface area contributed by atoms with Gasteiger partial charge in [-0.3, -0.25) is 29.5 Å². The molecule has 0 spiro atoms. The van der Waals surface area contributed by atoms with Crippen LogP contribution in [-0.4, -0.2) is 40.4 Å². The van der Waals surface area contributed by atoms with E-state index in [9.17, 15) is 19.5 Å². The average Bonchev–Trinajstić information content (AvgIpc) is 3.52. The molecule has 2 aliphatic heterocycles. The lowest BCUT2D eigenvalue weighted by molar-refractivity contribution is -0.138. The summed E-state index contributed by atoms with van der Waals surface area (Å²) in [6, 6.07) is 28.9. The molecule has 1 saturated carbocycles. The minimum atomic E-state index is -1.50. The van der Waals surface area contributed by atoms with Gasteiger partial charge in [-0.1, -0.05) is 87.7 Å². The Balaban J connectivity index is 1.33. The number of fused-ring (bicyclic) bond motifs is 4. The van der Waals surface area contributed by atoms with E-state index in [0.717, 1.165) is 20.6 Å².